The molecule has 0 fully saturated rings. The number of fused-ring (bicyclic) bond motifs is 1. The molecule has 0 spiro atoms. The van der Waals surface area contributed by atoms with Gasteiger partial charge in [-0.25, -0.2) is 5.43 Å². The molecule has 1 amide bonds. The van der Waals surface area contributed by atoms with Crippen LogP contribution in [-0.2, 0) is 0 Å². The van der Waals surface area contributed by atoms with Crippen LogP contribution >= 0.6 is 11.3 Å². The molecule has 2 heterocycles. The number of nitrogens with zero attached hydrogens (tertiary/aromatic N) is 1. The number of hydrazone groups is 1. The van der Waals surface area contributed by atoms with E-state index in [1.807, 2.05) is 30.5 Å². The second kappa shape index (κ2) is 6.45. The number of aromatic amines is 1. The maximum Gasteiger partial charge on any atom is 0.273 e. The number of carbonyl (C=O) groups is 1. The minimum atomic E-state index is -0.213. The second-order valence-electron chi connectivity index (χ2n) is 5.80. The number of aromatic nitrogens is 1. The Balaban J connectivity index is 1.44. The third-order valence-electron chi connectivity index (χ3n) is 4.22. The van der Waals surface area contributed by atoms with Gasteiger partial charge >= 0.3 is 0 Å². The number of benzene rings is 1. The Labute approximate surface area is 143 Å². The van der Waals surface area contributed by atoms with Crippen LogP contribution in [0.5, 0.6) is 0 Å². The number of nitrogens with one attached hydrogen (secondary N) is 2. The normalized spacial score (nSPS) is 17.1. The Morgan fingerprint density at radius 2 is 2.25 bits per heavy atom. The van der Waals surface area contributed by atoms with Gasteiger partial charge in [-0.1, -0.05) is 24.3 Å². The molecule has 4 nitrogen and oxygen atoms in total. The fraction of sp³-hybridized carbons (Fsp3) is 0.158. The monoisotopic (exact) mass is 335 g/mol. The first-order valence-corrected chi connectivity index (χ1v) is 8.79. The quantitative estimate of drug-likeness (QED) is 0.414. The third-order valence-corrected chi connectivity index (χ3v) is 5.37. The molecule has 1 atom stereocenters. The summed E-state index contributed by atoms with van der Waals surface area (Å²) < 4.78 is 0. The standard InChI is InChI=1S/C19H17N3OS/c23-19(16-7-3-6-14-10-11-20-18(14)16)22-21-12-15-8-9-17(24-15)13-4-1-2-5-13/h1,3-4,6-13,20H,2,5H2,(H,22,23). The molecule has 24 heavy (non-hydrogen) atoms. The number of hydrogen-bond donors (Lipinski definition) is 2. The van der Waals surface area contributed by atoms with Gasteiger partial charge in [0.2, 0.25) is 0 Å². The van der Waals surface area contributed by atoms with Crippen LogP contribution in [-0.4, -0.2) is 17.1 Å². The van der Waals surface area contributed by atoms with E-state index < -0.39 is 0 Å². The molecule has 1 unspecified atom stereocenters. The molecule has 120 valence electrons. The van der Waals surface area contributed by atoms with Crippen molar-refractivity contribution in [1.82, 2.24) is 10.4 Å². The Morgan fingerprint density at radius 1 is 1.29 bits per heavy atom. The van der Waals surface area contributed by atoms with E-state index in [2.05, 4.69) is 33.7 Å². The Hall–Kier alpha value is -2.66. The topological polar surface area (TPSA) is 57.2 Å². The van der Waals surface area contributed by atoms with E-state index in [0.29, 0.717) is 11.5 Å². The van der Waals surface area contributed by atoms with Gasteiger partial charge in [0, 0.05) is 27.3 Å². The molecule has 0 saturated heterocycles. The predicted octanol–water partition coefficient (Wildman–Crippen LogP) is 4.43. The van der Waals surface area contributed by atoms with Gasteiger partial charge in [-0.15, -0.1) is 11.3 Å². The minimum Gasteiger partial charge on any atom is -0.361 e. The third kappa shape index (κ3) is 2.90. The van der Waals surface area contributed by atoms with Crippen molar-refractivity contribution in [3.63, 3.8) is 0 Å². The molecular formula is C19H17N3OS. The van der Waals surface area contributed by atoms with E-state index in [4.69, 9.17) is 0 Å². The van der Waals surface area contributed by atoms with Crippen molar-refractivity contribution in [2.75, 3.05) is 0 Å². The summed E-state index contributed by atoms with van der Waals surface area (Å²) in [4.78, 5) is 17.8. The molecule has 3 aromatic rings. The summed E-state index contributed by atoms with van der Waals surface area (Å²) in [5.41, 5.74) is 4.04. The molecule has 1 aliphatic carbocycles. The number of allylic oxidation sites excluding steroid dienone is 2. The summed E-state index contributed by atoms with van der Waals surface area (Å²) in [6.45, 7) is 0. The number of amides is 1. The summed E-state index contributed by atoms with van der Waals surface area (Å²) >= 11 is 1.72. The molecule has 4 rings (SSSR count). The van der Waals surface area contributed by atoms with Crippen LogP contribution in [0, 0.1) is 0 Å². The zero-order valence-electron chi connectivity index (χ0n) is 13.0. The van der Waals surface area contributed by atoms with Gasteiger partial charge < -0.3 is 4.98 Å². The zero-order valence-corrected chi connectivity index (χ0v) is 13.8. The van der Waals surface area contributed by atoms with Crippen molar-refractivity contribution in [3.05, 3.63) is 70.1 Å². The summed E-state index contributed by atoms with van der Waals surface area (Å²) in [7, 11) is 0. The Kier molecular flexibility index (Phi) is 4.01. The number of thiophene rings is 1. The lowest BCUT2D eigenvalue weighted by molar-refractivity contribution is 0.0956. The lowest BCUT2D eigenvalue weighted by Gasteiger charge is -2.02. The molecule has 2 N–H and O–H groups in total. The smallest absolute Gasteiger partial charge is 0.273 e. The molecule has 0 saturated carbocycles. The highest BCUT2D eigenvalue weighted by Crippen LogP contribution is 2.32. The van der Waals surface area contributed by atoms with Crippen LogP contribution < -0.4 is 5.43 Å². The molecule has 0 radical (unpaired) electrons. The summed E-state index contributed by atoms with van der Waals surface area (Å²) in [6, 6.07) is 11.8. The van der Waals surface area contributed by atoms with Gasteiger partial charge in [0.25, 0.3) is 5.91 Å². The average molecular weight is 335 g/mol. The van der Waals surface area contributed by atoms with Crippen molar-refractivity contribution in [3.8, 4) is 0 Å². The maximum atomic E-state index is 12.3. The second-order valence-corrected chi connectivity index (χ2v) is 6.95. The largest absolute Gasteiger partial charge is 0.361 e. The number of hydrogen-bond acceptors (Lipinski definition) is 3. The molecule has 5 heteroatoms. The highest BCUT2D eigenvalue weighted by molar-refractivity contribution is 7.13. The molecule has 0 bridgehead atoms. The number of para-hydroxylation sites is 1. The Bertz CT molecular complexity index is 935. The maximum absolute atomic E-state index is 12.3. The van der Waals surface area contributed by atoms with Gasteiger partial charge in [0.05, 0.1) is 17.3 Å². The molecular weight excluding hydrogens is 318 g/mol. The first-order valence-electron chi connectivity index (χ1n) is 7.97. The number of H-pyrrole nitrogens is 1. The van der Waals surface area contributed by atoms with E-state index in [9.17, 15) is 4.79 Å². The zero-order chi connectivity index (χ0) is 16.4. The van der Waals surface area contributed by atoms with Crippen LogP contribution in [0.2, 0.25) is 0 Å². The minimum absolute atomic E-state index is 0.213. The summed E-state index contributed by atoms with van der Waals surface area (Å²) in [5.74, 6) is 0.326. The highest BCUT2D eigenvalue weighted by Gasteiger charge is 2.13. The lowest BCUT2D eigenvalue weighted by Crippen LogP contribution is -2.17. The molecule has 1 aliphatic rings. The predicted molar refractivity (Wildman–Crippen MR) is 98.8 cm³/mol. The van der Waals surface area contributed by atoms with Crippen LogP contribution in [0.1, 0.15) is 38.9 Å². The number of carbonyl (C=O) groups excluding carboxylic acids is 1. The van der Waals surface area contributed by atoms with Crippen LogP contribution in [0.3, 0.4) is 0 Å². The highest BCUT2D eigenvalue weighted by atomic mass is 32.1. The van der Waals surface area contributed by atoms with Crippen molar-refractivity contribution in [2.24, 2.45) is 5.10 Å². The molecule has 0 aliphatic heterocycles. The lowest BCUT2D eigenvalue weighted by atomic mass is 10.1. The van der Waals surface area contributed by atoms with Crippen molar-refractivity contribution in [1.29, 1.82) is 0 Å². The van der Waals surface area contributed by atoms with Gasteiger partial charge in [0.1, 0.15) is 0 Å². The van der Waals surface area contributed by atoms with Crippen LogP contribution in [0.4, 0.5) is 0 Å². The first-order chi connectivity index (χ1) is 11.8. The van der Waals surface area contributed by atoms with E-state index in [1.165, 1.54) is 11.3 Å². The fourth-order valence-electron chi connectivity index (χ4n) is 3.00. The van der Waals surface area contributed by atoms with E-state index in [1.54, 1.807) is 23.6 Å². The SMILES string of the molecule is O=C(NN=Cc1ccc(C2C=CCC2)s1)c1cccc2cc[nH]c12. The van der Waals surface area contributed by atoms with Crippen molar-refractivity contribution < 1.29 is 4.79 Å². The first kappa shape index (κ1) is 14.9. The van der Waals surface area contributed by atoms with Gasteiger partial charge in [-0.05, 0) is 37.1 Å². The van der Waals surface area contributed by atoms with E-state index in [0.717, 1.165) is 22.2 Å². The van der Waals surface area contributed by atoms with Gasteiger partial charge in [-0.3, -0.25) is 4.79 Å². The number of rotatable bonds is 4. The Morgan fingerprint density at radius 3 is 3.12 bits per heavy atom. The van der Waals surface area contributed by atoms with Crippen LogP contribution in [0.15, 0.2) is 59.8 Å². The van der Waals surface area contributed by atoms with Crippen LogP contribution in [0.25, 0.3) is 10.9 Å². The van der Waals surface area contributed by atoms with E-state index >= 15 is 0 Å². The summed E-state index contributed by atoms with van der Waals surface area (Å²) in [6.07, 6.45) is 10.4. The summed E-state index contributed by atoms with van der Waals surface area (Å²) in [5, 5.41) is 5.12. The van der Waals surface area contributed by atoms with Gasteiger partial charge in [-0.2, -0.15) is 5.10 Å². The fourth-order valence-corrected chi connectivity index (χ4v) is 3.99. The molecule has 1 aromatic carbocycles. The molecule has 2 aromatic heterocycles. The average Bonchev–Trinajstić information content (AvgIpc) is 3.34. The van der Waals surface area contributed by atoms with Crippen molar-refractivity contribution >= 4 is 34.4 Å². The van der Waals surface area contributed by atoms with Gasteiger partial charge in [0.15, 0.2) is 0 Å². The van der Waals surface area contributed by atoms with Crippen molar-refractivity contribution in [2.45, 2.75) is 18.8 Å². The van der Waals surface area contributed by atoms with E-state index in [-0.39, 0.29) is 5.91 Å².